The smallest absolute Gasteiger partial charge is 0.271 e. The molecule has 1 aliphatic heterocycles. The van der Waals surface area contributed by atoms with Crippen molar-refractivity contribution in [1.82, 2.24) is 4.90 Å². The Labute approximate surface area is 144 Å². The summed E-state index contributed by atoms with van der Waals surface area (Å²) in [4.78, 5) is 12.2. The molecule has 11 heteroatoms. The number of nitro benzene ring substituents is 1. The van der Waals surface area contributed by atoms with Crippen molar-refractivity contribution in [3.05, 3.63) is 27.8 Å². The quantitative estimate of drug-likeness (QED) is 0.272. The predicted octanol–water partition coefficient (Wildman–Crippen LogP) is -0.723. The molecule has 136 valence electrons. The molecule has 1 heterocycles. The fourth-order valence-electron chi connectivity index (χ4n) is 2.46. The molecular weight excluding hydrogens is 344 g/mol. The van der Waals surface area contributed by atoms with Crippen LogP contribution in [0.15, 0.2) is 12.1 Å². The third-order valence-electron chi connectivity index (χ3n) is 3.54. The minimum Gasteiger partial charge on any atom is -0.395 e. The highest BCUT2D eigenvalue weighted by atomic mass is 35.5. The summed E-state index contributed by atoms with van der Waals surface area (Å²) in [6.45, 7) is 0.560. The predicted molar refractivity (Wildman–Crippen MR) is 89.1 cm³/mol. The van der Waals surface area contributed by atoms with Gasteiger partial charge >= 0.3 is 0 Å². The largest absolute Gasteiger partial charge is 0.395 e. The molecule has 0 aromatic heterocycles. The van der Waals surface area contributed by atoms with E-state index in [2.05, 4.69) is 10.6 Å². The molecule has 0 fully saturated rings. The SMILES string of the molecule is Cl.O=[N+]([O-])c1cc(CN(CCO)CCO)c2c(c1)NC(O)C(O)N2. The van der Waals surface area contributed by atoms with Crippen LogP contribution in [0.25, 0.3) is 0 Å². The van der Waals surface area contributed by atoms with Crippen molar-refractivity contribution >= 4 is 29.5 Å². The van der Waals surface area contributed by atoms with Gasteiger partial charge in [0, 0.05) is 31.8 Å². The Morgan fingerprint density at radius 3 is 2.25 bits per heavy atom. The van der Waals surface area contributed by atoms with E-state index in [-0.39, 0.29) is 50.9 Å². The summed E-state index contributed by atoms with van der Waals surface area (Å²) in [5, 5.41) is 53.9. The molecule has 2 rings (SSSR count). The zero-order valence-corrected chi connectivity index (χ0v) is 13.6. The molecule has 0 saturated carbocycles. The van der Waals surface area contributed by atoms with E-state index in [1.165, 1.54) is 12.1 Å². The number of nitrogens with one attached hydrogen (secondary N) is 2. The molecule has 2 unspecified atom stereocenters. The zero-order valence-electron chi connectivity index (χ0n) is 12.8. The first-order chi connectivity index (χ1) is 11.0. The monoisotopic (exact) mass is 364 g/mol. The van der Waals surface area contributed by atoms with Gasteiger partial charge in [-0.2, -0.15) is 0 Å². The highest BCUT2D eigenvalue weighted by molar-refractivity contribution is 5.85. The number of non-ortho nitro benzene ring substituents is 1. The maximum absolute atomic E-state index is 11.1. The van der Waals surface area contributed by atoms with E-state index < -0.39 is 17.4 Å². The van der Waals surface area contributed by atoms with Crippen LogP contribution in [0.2, 0.25) is 0 Å². The normalized spacial score (nSPS) is 19.0. The van der Waals surface area contributed by atoms with Gasteiger partial charge in [0.1, 0.15) is 0 Å². The Morgan fingerprint density at radius 2 is 1.71 bits per heavy atom. The Morgan fingerprint density at radius 1 is 1.12 bits per heavy atom. The van der Waals surface area contributed by atoms with Crippen LogP contribution < -0.4 is 10.6 Å². The van der Waals surface area contributed by atoms with Crippen LogP contribution in [0, 0.1) is 10.1 Å². The molecule has 24 heavy (non-hydrogen) atoms. The van der Waals surface area contributed by atoms with E-state index in [0.29, 0.717) is 16.9 Å². The number of anilines is 2. The number of aliphatic hydroxyl groups is 4. The maximum Gasteiger partial charge on any atom is 0.271 e. The lowest BCUT2D eigenvalue weighted by molar-refractivity contribution is -0.384. The lowest BCUT2D eigenvalue weighted by atomic mass is 10.1. The van der Waals surface area contributed by atoms with Crippen molar-refractivity contribution in [2.45, 2.75) is 19.0 Å². The molecule has 1 aromatic carbocycles. The number of rotatable bonds is 7. The third-order valence-corrected chi connectivity index (χ3v) is 3.54. The first-order valence-electron chi connectivity index (χ1n) is 7.11. The average Bonchev–Trinajstić information content (AvgIpc) is 2.49. The molecule has 0 aliphatic carbocycles. The van der Waals surface area contributed by atoms with Gasteiger partial charge in [-0.1, -0.05) is 0 Å². The summed E-state index contributed by atoms with van der Waals surface area (Å²) < 4.78 is 0. The number of nitro groups is 1. The first-order valence-corrected chi connectivity index (χ1v) is 7.11. The lowest BCUT2D eigenvalue weighted by Crippen LogP contribution is -2.43. The second-order valence-corrected chi connectivity index (χ2v) is 5.19. The van der Waals surface area contributed by atoms with Crippen LogP contribution in [0.4, 0.5) is 17.1 Å². The third kappa shape index (κ3) is 4.66. The fourth-order valence-corrected chi connectivity index (χ4v) is 2.46. The van der Waals surface area contributed by atoms with Crippen LogP contribution >= 0.6 is 12.4 Å². The zero-order chi connectivity index (χ0) is 17.0. The maximum atomic E-state index is 11.1. The Balaban J connectivity index is 0.00000288. The number of hydrogen-bond donors (Lipinski definition) is 6. The Kier molecular flexibility index (Phi) is 7.60. The van der Waals surface area contributed by atoms with Crippen LogP contribution in [0.5, 0.6) is 0 Å². The van der Waals surface area contributed by atoms with E-state index in [9.17, 15) is 20.3 Å². The summed E-state index contributed by atoms with van der Waals surface area (Å²) in [5.41, 5.74) is 1.09. The second kappa shape index (κ2) is 8.97. The van der Waals surface area contributed by atoms with Crippen molar-refractivity contribution in [3.8, 4) is 0 Å². The minimum absolute atomic E-state index is 0. The van der Waals surface area contributed by atoms with Crippen LogP contribution in [-0.2, 0) is 6.54 Å². The van der Waals surface area contributed by atoms with E-state index in [4.69, 9.17) is 10.2 Å². The second-order valence-electron chi connectivity index (χ2n) is 5.19. The van der Waals surface area contributed by atoms with Crippen molar-refractivity contribution < 1.29 is 25.3 Å². The molecule has 10 nitrogen and oxygen atoms in total. The summed E-state index contributed by atoms with van der Waals surface area (Å²) in [7, 11) is 0. The lowest BCUT2D eigenvalue weighted by Gasteiger charge is -2.32. The van der Waals surface area contributed by atoms with Gasteiger partial charge in [0.15, 0.2) is 12.5 Å². The van der Waals surface area contributed by atoms with Gasteiger partial charge < -0.3 is 31.1 Å². The van der Waals surface area contributed by atoms with Crippen molar-refractivity contribution in [2.75, 3.05) is 36.9 Å². The van der Waals surface area contributed by atoms with Crippen molar-refractivity contribution in [1.29, 1.82) is 0 Å². The Hall–Kier alpha value is -1.69. The van der Waals surface area contributed by atoms with Gasteiger partial charge in [0.25, 0.3) is 5.69 Å². The highest BCUT2D eigenvalue weighted by Crippen LogP contribution is 2.36. The molecule has 0 spiro atoms. The number of fused-ring (bicyclic) bond motifs is 1. The molecule has 2 atom stereocenters. The average molecular weight is 365 g/mol. The van der Waals surface area contributed by atoms with Crippen LogP contribution in [0.1, 0.15) is 5.56 Å². The number of hydrogen-bond acceptors (Lipinski definition) is 9. The van der Waals surface area contributed by atoms with E-state index in [0.717, 1.165) is 0 Å². The minimum atomic E-state index is -1.29. The van der Waals surface area contributed by atoms with Crippen molar-refractivity contribution in [3.63, 3.8) is 0 Å². The number of nitrogens with zero attached hydrogens (tertiary/aromatic N) is 2. The summed E-state index contributed by atoms with van der Waals surface area (Å²) >= 11 is 0. The highest BCUT2D eigenvalue weighted by Gasteiger charge is 2.28. The fraction of sp³-hybridized carbons (Fsp3) is 0.538. The van der Waals surface area contributed by atoms with Crippen molar-refractivity contribution in [2.24, 2.45) is 0 Å². The molecule has 0 amide bonds. The molecular formula is C13H21ClN4O6. The van der Waals surface area contributed by atoms with Crippen LogP contribution in [0.3, 0.4) is 0 Å². The van der Waals surface area contributed by atoms with E-state index >= 15 is 0 Å². The van der Waals surface area contributed by atoms with Gasteiger partial charge in [0.2, 0.25) is 0 Å². The number of aliphatic hydroxyl groups excluding tert-OH is 4. The molecule has 6 N–H and O–H groups in total. The van der Waals surface area contributed by atoms with Gasteiger partial charge in [-0.25, -0.2) is 0 Å². The summed E-state index contributed by atoms with van der Waals surface area (Å²) in [5.74, 6) is 0. The van der Waals surface area contributed by atoms with E-state index in [1.54, 1.807) is 4.90 Å². The van der Waals surface area contributed by atoms with Gasteiger partial charge in [-0.15, -0.1) is 12.4 Å². The van der Waals surface area contributed by atoms with Gasteiger partial charge in [0.05, 0.1) is 29.5 Å². The van der Waals surface area contributed by atoms with E-state index in [1.807, 2.05) is 0 Å². The van der Waals surface area contributed by atoms with Crippen LogP contribution in [-0.4, -0.2) is 69.0 Å². The van der Waals surface area contributed by atoms with Gasteiger partial charge in [-0.3, -0.25) is 15.0 Å². The molecule has 0 radical (unpaired) electrons. The number of halogens is 1. The molecule has 1 aliphatic rings. The Bertz CT molecular complexity index is 570. The van der Waals surface area contributed by atoms with Gasteiger partial charge in [-0.05, 0) is 5.56 Å². The molecule has 1 aromatic rings. The number of benzene rings is 1. The molecule has 0 bridgehead atoms. The standard InChI is InChI=1S/C13H20N4O6.ClH/c18-3-1-16(2-4-19)7-8-5-9(17(22)23)6-10-11(8)15-13(21)12(20)14-10;/h5-6,12-15,18-21H,1-4,7H2;1H. The topological polar surface area (TPSA) is 151 Å². The summed E-state index contributed by atoms with van der Waals surface area (Å²) in [6, 6.07) is 2.63. The summed E-state index contributed by atoms with van der Waals surface area (Å²) in [6.07, 6.45) is -2.55. The molecule has 0 saturated heterocycles. The first kappa shape index (κ1) is 20.4.